The van der Waals surface area contributed by atoms with Crippen LogP contribution in [-0.4, -0.2) is 18.5 Å². The molecule has 1 aromatic carbocycles. The van der Waals surface area contributed by atoms with Crippen molar-refractivity contribution in [1.29, 1.82) is 0 Å². The molecule has 1 saturated carbocycles. The van der Waals surface area contributed by atoms with E-state index in [0.717, 1.165) is 5.69 Å². The Morgan fingerprint density at radius 1 is 1.35 bits per heavy atom. The Morgan fingerprint density at radius 3 is 2.82 bits per heavy atom. The predicted molar refractivity (Wildman–Crippen MR) is 70.3 cm³/mol. The highest BCUT2D eigenvalue weighted by atomic mass is 35.5. The number of carbonyl (C=O) groups is 1. The van der Waals surface area contributed by atoms with Crippen LogP contribution in [-0.2, 0) is 4.79 Å². The first-order valence-corrected chi connectivity index (χ1v) is 6.40. The number of amides is 1. The Hall–Kier alpha value is -1.06. The second-order valence-corrected chi connectivity index (χ2v) is 4.86. The van der Waals surface area contributed by atoms with Gasteiger partial charge in [-0.15, -0.1) is 0 Å². The zero-order valence-corrected chi connectivity index (χ0v) is 10.5. The lowest BCUT2D eigenvalue weighted by Gasteiger charge is -2.11. The molecule has 1 fully saturated rings. The van der Waals surface area contributed by atoms with Crippen LogP contribution in [0.3, 0.4) is 0 Å². The van der Waals surface area contributed by atoms with Gasteiger partial charge in [-0.1, -0.05) is 30.5 Å². The van der Waals surface area contributed by atoms with E-state index in [4.69, 9.17) is 11.6 Å². The fraction of sp³-hybridized carbons (Fsp3) is 0.462. The summed E-state index contributed by atoms with van der Waals surface area (Å²) in [4.78, 5) is 11.7. The van der Waals surface area contributed by atoms with E-state index in [1.165, 1.54) is 25.7 Å². The van der Waals surface area contributed by atoms with Crippen molar-refractivity contribution >= 4 is 23.2 Å². The third-order valence-electron chi connectivity index (χ3n) is 3.01. The maximum atomic E-state index is 11.7. The second-order valence-electron chi connectivity index (χ2n) is 4.42. The first-order chi connectivity index (χ1) is 8.24. The zero-order valence-electron chi connectivity index (χ0n) is 9.71. The fourth-order valence-electron chi connectivity index (χ4n) is 2.14. The van der Waals surface area contributed by atoms with E-state index in [1.54, 1.807) is 12.1 Å². The summed E-state index contributed by atoms with van der Waals surface area (Å²) in [5.41, 5.74) is 0.746. The summed E-state index contributed by atoms with van der Waals surface area (Å²) in [6.07, 6.45) is 4.91. The first kappa shape index (κ1) is 12.4. The van der Waals surface area contributed by atoms with Gasteiger partial charge in [0.15, 0.2) is 0 Å². The molecular weight excluding hydrogens is 236 g/mol. The van der Waals surface area contributed by atoms with Crippen LogP contribution in [0.4, 0.5) is 5.69 Å². The number of halogens is 1. The van der Waals surface area contributed by atoms with E-state index >= 15 is 0 Å². The van der Waals surface area contributed by atoms with E-state index in [2.05, 4.69) is 10.6 Å². The smallest absolute Gasteiger partial charge is 0.238 e. The average Bonchev–Trinajstić information content (AvgIpc) is 2.79. The highest BCUT2D eigenvalue weighted by Crippen LogP contribution is 2.17. The molecule has 4 heteroatoms. The van der Waals surface area contributed by atoms with Gasteiger partial charge < -0.3 is 10.6 Å². The Morgan fingerprint density at radius 2 is 2.12 bits per heavy atom. The quantitative estimate of drug-likeness (QED) is 0.865. The molecule has 3 nitrogen and oxygen atoms in total. The normalized spacial score (nSPS) is 16.1. The Kier molecular flexibility index (Phi) is 4.40. The number of hydrogen-bond acceptors (Lipinski definition) is 2. The molecule has 0 unspecified atom stereocenters. The molecule has 0 radical (unpaired) electrons. The summed E-state index contributed by atoms with van der Waals surface area (Å²) < 4.78 is 0. The summed E-state index contributed by atoms with van der Waals surface area (Å²) in [7, 11) is 0. The third-order valence-corrected chi connectivity index (χ3v) is 3.25. The SMILES string of the molecule is O=C(CNC1CCCC1)Nc1cccc(Cl)c1. The lowest BCUT2D eigenvalue weighted by Crippen LogP contribution is -2.34. The van der Waals surface area contributed by atoms with Gasteiger partial charge in [-0.05, 0) is 31.0 Å². The molecule has 1 amide bonds. The average molecular weight is 253 g/mol. The number of benzene rings is 1. The van der Waals surface area contributed by atoms with Gasteiger partial charge in [0.1, 0.15) is 0 Å². The van der Waals surface area contributed by atoms with Crippen LogP contribution >= 0.6 is 11.6 Å². The fourth-order valence-corrected chi connectivity index (χ4v) is 2.33. The van der Waals surface area contributed by atoms with Crippen molar-refractivity contribution in [3.8, 4) is 0 Å². The van der Waals surface area contributed by atoms with Crippen LogP contribution in [0, 0.1) is 0 Å². The van der Waals surface area contributed by atoms with Crippen molar-refractivity contribution < 1.29 is 4.79 Å². The highest BCUT2D eigenvalue weighted by molar-refractivity contribution is 6.30. The van der Waals surface area contributed by atoms with E-state index in [-0.39, 0.29) is 5.91 Å². The van der Waals surface area contributed by atoms with Gasteiger partial charge in [-0.25, -0.2) is 0 Å². The van der Waals surface area contributed by atoms with Crippen molar-refractivity contribution in [2.24, 2.45) is 0 Å². The largest absolute Gasteiger partial charge is 0.325 e. The van der Waals surface area contributed by atoms with Crippen LogP contribution < -0.4 is 10.6 Å². The minimum Gasteiger partial charge on any atom is -0.325 e. The van der Waals surface area contributed by atoms with Crippen molar-refractivity contribution in [2.75, 3.05) is 11.9 Å². The first-order valence-electron chi connectivity index (χ1n) is 6.03. The molecule has 92 valence electrons. The molecule has 1 aliphatic carbocycles. The van der Waals surface area contributed by atoms with Crippen LogP contribution in [0.5, 0.6) is 0 Å². The summed E-state index contributed by atoms with van der Waals surface area (Å²) in [6, 6.07) is 7.70. The molecule has 2 N–H and O–H groups in total. The van der Waals surface area contributed by atoms with Gasteiger partial charge >= 0.3 is 0 Å². The van der Waals surface area contributed by atoms with E-state index in [0.29, 0.717) is 17.6 Å². The summed E-state index contributed by atoms with van der Waals surface area (Å²) >= 11 is 5.84. The highest BCUT2D eigenvalue weighted by Gasteiger charge is 2.15. The molecule has 1 aromatic rings. The number of carbonyl (C=O) groups excluding carboxylic acids is 1. The van der Waals surface area contributed by atoms with E-state index in [9.17, 15) is 4.79 Å². The van der Waals surface area contributed by atoms with Gasteiger partial charge in [0.2, 0.25) is 5.91 Å². The minimum absolute atomic E-state index is 0.0147. The molecule has 0 heterocycles. The minimum atomic E-state index is -0.0147. The molecule has 0 atom stereocenters. The Balaban J connectivity index is 1.76. The lowest BCUT2D eigenvalue weighted by atomic mass is 10.2. The van der Waals surface area contributed by atoms with Gasteiger partial charge in [0.25, 0.3) is 0 Å². The van der Waals surface area contributed by atoms with Gasteiger partial charge in [0, 0.05) is 16.8 Å². The molecule has 0 spiro atoms. The maximum Gasteiger partial charge on any atom is 0.238 e. The number of nitrogens with one attached hydrogen (secondary N) is 2. The monoisotopic (exact) mass is 252 g/mol. The number of anilines is 1. The predicted octanol–water partition coefficient (Wildman–Crippen LogP) is 2.81. The second kappa shape index (κ2) is 6.03. The maximum absolute atomic E-state index is 11.7. The molecule has 1 aliphatic rings. The molecular formula is C13H17ClN2O. The third kappa shape index (κ3) is 4.02. The van der Waals surface area contributed by atoms with E-state index < -0.39 is 0 Å². The van der Waals surface area contributed by atoms with Crippen LogP contribution in [0.25, 0.3) is 0 Å². The lowest BCUT2D eigenvalue weighted by molar-refractivity contribution is -0.115. The van der Waals surface area contributed by atoms with Crippen molar-refractivity contribution in [1.82, 2.24) is 5.32 Å². The summed E-state index contributed by atoms with van der Waals surface area (Å²) in [6.45, 7) is 0.372. The van der Waals surface area contributed by atoms with Crippen molar-refractivity contribution in [2.45, 2.75) is 31.7 Å². The Bertz CT molecular complexity index is 389. The van der Waals surface area contributed by atoms with Crippen LogP contribution in [0.15, 0.2) is 24.3 Å². The topological polar surface area (TPSA) is 41.1 Å². The molecule has 0 saturated heterocycles. The summed E-state index contributed by atoms with van der Waals surface area (Å²) in [5.74, 6) is -0.0147. The van der Waals surface area contributed by atoms with E-state index in [1.807, 2.05) is 12.1 Å². The Labute approximate surface area is 107 Å². The van der Waals surface area contributed by atoms with Gasteiger partial charge in [-0.2, -0.15) is 0 Å². The molecule has 0 aliphatic heterocycles. The molecule has 0 bridgehead atoms. The van der Waals surface area contributed by atoms with Crippen molar-refractivity contribution in [3.05, 3.63) is 29.3 Å². The van der Waals surface area contributed by atoms with Gasteiger partial charge in [-0.3, -0.25) is 4.79 Å². The standard InChI is InChI=1S/C13H17ClN2O/c14-10-4-3-7-12(8-10)16-13(17)9-15-11-5-1-2-6-11/h3-4,7-8,11,15H,1-2,5-6,9H2,(H,16,17). The van der Waals surface area contributed by atoms with Crippen LogP contribution in [0.1, 0.15) is 25.7 Å². The van der Waals surface area contributed by atoms with Crippen LogP contribution in [0.2, 0.25) is 5.02 Å². The summed E-state index contributed by atoms with van der Waals surface area (Å²) in [5, 5.41) is 6.72. The van der Waals surface area contributed by atoms with Crippen molar-refractivity contribution in [3.63, 3.8) is 0 Å². The zero-order chi connectivity index (χ0) is 12.1. The molecule has 17 heavy (non-hydrogen) atoms. The molecule has 2 rings (SSSR count). The van der Waals surface area contributed by atoms with Gasteiger partial charge in [0.05, 0.1) is 6.54 Å². The number of hydrogen-bond donors (Lipinski definition) is 2. The molecule has 0 aromatic heterocycles. The number of rotatable bonds is 4.